The lowest BCUT2D eigenvalue weighted by atomic mass is 10.0. The molecule has 0 saturated carbocycles. The molecule has 0 heterocycles. The van der Waals surface area contributed by atoms with E-state index in [-0.39, 0.29) is 24.7 Å². The Morgan fingerprint density at radius 2 is 1.67 bits per heavy atom. The van der Waals surface area contributed by atoms with E-state index in [1.54, 1.807) is 30.3 Å². The minimum Gasteiger partial charge on any atom is -0.496 e. The van der Waals surface area contributed by atoms with Crippen LogP contribution in [0, 0.1) is 5.82 Å². The summed E-state index contributed by atoms with van der Waals surface area (Å²) in [7, 11) is 1.46. The Bertz CT molecular complexity index is 751. The summed E-state index contributed by atoms with van der Waals surface area (Å²) in [5.74, 6) is -1.16. The van der Waals surface area contributed by atoms with Crippen molar-refractivity contribution in [3.8, 4) is 5.75 Å². The molecule has 2 aromatic carbocycles. The van der Waals surface area contributed by atoms with E-state index >= 15 is 0 Å². The zero-order valence-electron chi connectivity index (χ0n) is 14.7. The molecular weight excluding hydrogens is 363 g/mol. The van der Waals surface area contributed by atoms with Crippen molar-refractivity contribution in [3.63, 3.8) is 0 Å². The number of carbonyl (C=O) groups is 2. The molecule has 0 aliphatic heterocycles. The summed E-state index contributed by atoms with van der Waals surface area (Å²) in [6, 6.07) is 10.8. The molecule has 0 fully saturated rings. The summed E-state index contributed by atoms with van der Waals surface area (Å²) in [5.41, 5.74) is 1.85. The molecule has 0 atom stereocenters. The predicted octanol–water partition coefficient (Wildman–Crippen LogP) is 3.66. The van der Waals surface area contributed by atoms with Crippen LogP contribution < -0.4 is 10.1 Å². The monoisotopic (exact) mass is 383 g/mol. The van der Waals surface area contributed by atoms with Gasteiger partial charge in [0.2, 0.25) is 6.93 Å². The lowest BCUT2D eigenvalue weighted by molar-refractivity contribution is -0.136. The quantitative estimate of drug-likeness (QED) is 0.765. The molecule has 0 bridgehead atoms. The largest absolute Gasteiger partial charge is 0.496 e. The van der Waals surface area contributed by atoms with Gasteiger partial charge in [0.25, 0.3) is 5.91 Å². The van der Waals surface area contributed by atoms with Crippen LogP contribution >= 0.6 is 0 Å². The number of alkyl halides is 2. The fraction of sp³-hybridized carbons (Fsp3) is 0.263. The van der Waals surface area contributed by atoms with E-state index < -0.39 is 12.9 Å². The summed E-state index contributed by atoms with van der Waals surface area (Å²) in [5, 5.41) is 11.5. The van der Waals surface area contributed by atoms with Crippen LogP contribution in [-0.4, -0.2) is 31.0 Å². The van der Waals surface area contributed by atoms with Gasteiger partial charge < -0.3 is 15.2 Å². The number of aliphatic carboxylic acids is 1. The number of carbonyl (C=O) groups excluding carboxylic acids is 1. The fourth-order valence-electron chi connectivity index (χ4n) is 2.22. The number of halogens is 3. The topological polar surface area (TPSA) is 75.6 Å². The molecule has 27 heavy (non-hydrogen) atoms. The van der Waals surface area contributed by atoms with E-state index in [1.807, 2.05) is 0 Å². The van der Waals surface area contributed by atoms with Crippen molar-refractivity contribution in [2.24, 2.45) is 0 Å². The molecular formula is C19H20F3NO4. The maximum atomic E-state index is 12.9. The fourth-order valence-corrected chi connectivity index (χ4v) is 2.22. The van der Waals surface area contributed by atoms with Crippen LogP contribution in [0.3, 0.4) is 0 Å². The van der Waals surface area contributed by atoms with Gasteiger partial charge in [-0.2, -0.15) is 0 Å². The molecule has 0 spiro atoms. The summed E-state index contributed by atoms with van der Waals surface area (Å²) in [4.78, 5) is 23.0. The zero-order chi connectivity index (χ0) is 20.2. The number of hydrogen-bond acceptors (Lipinski definition) is 3. The van der Waals surface area contributed by atoms with Crippen molar-refractivity contribution in [3.05, 3.63) is 65.0 Å². The highest BCUT2D eigenvalue weighted by atomic mass is 19.3. The molecule has 2 rings (SSSR count). The molecule has 0 aromatic heterocycles. The van der Waals surface area contributed by atoms with Gasteiger partial charge in [0.1, 0.15) is 11.6 Å². The van der Waals surface area contributed by atoms with Crippen molar-refractivity contribution in [2.75, 3.05) is 14.0 Å². The van der Waals surface area contributed by atoms with Crippen LogP contribution in [0.4, 0.5) is 13.2 Å². The van der Waals surface area contributed by atoms with Gasteiger partial charge in [-0.05, 0) is 41.8 Å². The number of aryl methyl sites for hydroxylation is 1. The molecule has 0 aliphatic carbocycles. The number of nitrogens with one attached hydrogen (secondary N) is 1. The summed E-state index contributed by atoms with van der Waals surface area (Å²) < 4.78 is 37.3. The van der Waals surface area contributed by atoms with E-state index in [9.17, 15) is 22.8 Å². The third kappa shape index (κ3) is 7.81. The molecule has 1 amide bonds. The van der Waals surface area contributed by atoms with Crippen LogP contribution in [-0.2, 0) is 17.8 Å². The summed E-state index contributed by atoms with van der Waals surface area (Å²) >= 11 is 0. The van der Waals surface area contributed by atoms with E-state index in [0.717, 1.165) is 11.1 Å². The number of ether oxygens (including phenoxy) is 1. The third-order valence-electron chi connectivity index (χ3n) is 3.50. The average molecular weight is 383 g/mol. The van der Waals surface area contributed by atoms with Crippen molar-refractivity contribution < 1.29 is 32.6 Å². The highest BCUT2D eigenvalue weighted by Crippen LogP contribution is 2.21. The van der Waals surface area contributed by atoms with Crippen molar-refractivity contribution >= 4 is 11.9 Å². The number of methoxy groups -OCH3 is 1. The number of hydrogen-bond donors (Lipinski definition) is 2. The Balaban J connectivity index is 0.00000114. The van der Waals surface area contributed by atoms with E-state index in [0.29, 0.717) is 17.7 Å². The number of carboxylic acid groups (broad SMARTS) is 1. The molecule has 0 radical (unpaired) electrons. The molecule has 0 aliphatic rings. The van der Waals surface area contributed by atoms with Crippen LogP contribution in [0.5, 0.6) is 5.75 Å². The van der Waals surface area contributed by atoms with Gasteiger partial charge in [-0.15, -0.1) is 0 Å². The maximum Gasteiger partial charge on any atom is 0.303 e. The molecule has 8 heteroatoms. The molecule has 146 valence electrons. The van der Waals surface area contributed by atoms with Crippen LogP contribution in [0.25, 0.3) is 0 Å². The Morgan fingerprint density at radius 3 is 2.22 bits per heavy atom. The lowest BCUT2D eigenvalue weighted by Gasteiger charge is -2.11. The Morgan fingerprint density at radius 1 is 1.07 bits per heavy atom. The summed E-state index contributed by atoms with van der Waals surface area (Å²) in [6.07, 6.45) is 0.320. The minimum absolute atomic E-state index is 0.0109. The second-order valence-corrected chi connectivity index (χ2v) is 5.34. The highest BCUT2D eigenvalue weighted by Gasteiger charge is 2.13. The smallest absolute Gasteiger partial charge is 0.303 e. The van der Waals surface area contributed by atoms with Gasteiger partial charge in [-0.3, -0.25) is 9.59 Å². The first kappa shape index (κ1) is 22.0. The van der Waals surface area contributed by atoms with Crippen LogP contribution in [0.1, 0.15) is 27.9 Å². The van der Waals surface area contributed by atoms with Gasteiger partial charge >= 0.3 is 5.97 Å². The number of rotatable bonds is 7. The zero-order valence-corrected chi connectivity index (χ0v) is 14.7. The van der Waals surface area contributed by atoms with Gasteiger partial charge in [-0.25, -0.2) is 13.2 Å². The number of benzene rings is 2. The second-order valence-electron chi connectivity index (χ2n) is 5.34. The summed E-state index contributed by atoms with van der Waals surface area (Å²) in [6.45, 7) is -1.50. The van der Waals surface area contributed by atoms with Crippen molar-refractivity contribution in [2.45, 2.75) is 19.4 Å². The van der Waals surface area contributed by atoms with Crippen molar-refractivity contribution in [1.29, 1.82) is 0 Å². The standard InChI is InChI=1S/C18H18FNO4.CH2F2/c1-24-16-8-4-12(5-9-17(21)22)10-15(16)18(23)20-11-13-2-6-14(19)7-3-13;2-1-3/h2-4,6-8,10H,5,9,11H2,1H3,(H,20,23)(H,21,22);1H2. The first-order chi connectivity index (χ1) is 12.9. The Hall–Kier alpha value is -3.03. The van der Waals surface area contributed by atoms with E-state index in [4.69, 9.17) is 9.84 Å². The van der Waals surface area contributed by atoms with Gasteiger partial charge in [-0.1, -0.05) is 18.2 Å². The molecule has 5 nitrogen and oxygen atoms in total. The number of amides is 1. The minimum atomic E-state index is -1.75. The Kier molecular flexibility index (Phi) is 9.42. The molecule has 2 N–H and O–H groups in total. The second kappa shape index (κ2) is 11.6. The van der Waals surface area contributed by atoms with Crippen LogP contribution in [0.15, 0.2) is 42.5 Å². The highest BCUT2D eigenvalue weighted by molar-refractivity contribution is 5.97. The molecule has 2 aromatic rings. The van der Waals surface area contributed by atoms with E-state index in [2.05, 4.69) is 5.32 Å². The molecule has 0 saturated heterocycles. The van der Waals surface area contributed by atoms with Crippen molar-refractivity contribution in [1.82, 2.24) is 5.32 Å². The first-order valence-corrected chi connectivity index (χ1v) is 7.94. The molecule has 0 unspecified atom stereocenters. The van der Waals surface area contributed by atoms with Gasteiger partial charge in [0.15, 0.2) is 0 Å². The maximum absolute atomic E-state index is 12.9. The van der Waals surface area contributed by atoms with Gasteiger partial charge in [0, 0.05) is 13.0 Å². The predicted molar refractivity (Wildman–Crippen MR) is 93.6 cm³/mol. The average Bonchev–Trinajstić information content (AvgIpc) is 2.66. The Labute approximate surface area is 154 Å². The van der Waals surface area contributed by atoms with Gasteiger partial charge in [0.05, 0.1) is 12.7 Å². The van der Waals surface area contributed by atoms with Crippen LogP contribution in [0.2, 0.25) is 0 Å². The SMILES string of the molecule is COc1ccc(CCC(=O)O)cc1C(=O)NCc1ccc(F)cc1.FCF. The van der Waals surface area contributed by atoms with E-state index in [1.165, 1.54) is 19.2 Å². The number of carboxylic acids is 1. The lowest BCUT2D eigenvalue weighted by Crippen LogP contribution is -2.23. The normalized spacial score (nSPS) is 9.78. The third-order valence-corrected chi connectivity index (χ3v) is 3.50. The first-order valence-electron chi connectivity index (χ1n) is 7.94.